The molecule has 1 aromatic rings. The van der Waals surface area contributed by atoms with Gasteiger partial charge in [-0.15, -0.1) is 0 Å². The van der Waals surface area contributed by atoms with Crippen molar-refractivity contribution in [3.05, 3.63) is 32.2 Å². The van der Waals surface area contributed by atoms with Gasteiger partial charge >= 0.3 is 0 Å². The van der Waals surface area contributed by atoms with Crippen molar-refractivity contribution in [2.24, 2.45) is 0 Å². The highest BCUT2D eigenvalue weighted by molar-refractivity contribution is 6.51. The van der Waals surface area contributed by atoms with Gasteiger partial charge in [-0.1, -0.05) is 46.4 Å². The summed E-state index contributed by atoms with van der Waals surface area (Å²) in [4.78, 5) is 0. The lowest BCUT2D eigenvalue weighted by molar-refractivity contribution is 0.399. The van der Waals surface area contributed by atoms with Crippen LogP contribution < -0.4 is 0 Å². The second-order valence-electron chi connectivity index (χ2n) is 1.66. The zero-order valence-corrected chi connectivity index (χ0v) is 10.6. The van der Waals surface area contributed by atoms with Crippen LogP contribution in [0.1, 0.15) is 0 Å². The Morgan fingerprint density at radius 2 is 0.929 bits per heavy atom. The smallest absolute Gasteiger partial charge is 0.0793 e. The maximum absolute atomic E-state index is 7.00. The van der Waals surface area contributed by atoms with Crippen LogP contribution in [0.15, 0.2) is 12.1 Å². The van der Waals surface area contributed by atoms with Crippen LogP contribution >= 0.6 is 46.4 Å². The molecule has 82 valence electrons. The molecule has 2 nitrogen and oxygen atoms in total. The average molecular weight is 280 g/mol. The third-order valence-corrected chi connectivity index (χ3v) is 2.69. The van der Waals surface area contributed by atoms with E-state index in [-0.39, 0.29) is 0 Å². The highest BCUT2D eigenvalue weighted by Crippen LogP contribution is 2.34. The fraction of sp³-hybridized carbons (Fsp3) is 0.250. The van der Waals surface area contributed by atoms with E-state index < -0.39 is 0 Å². The standard InChI is InChI=1S/C6H2Cl4.2CH4O/c7-3-1-2-4(8)6(10)5(3)9;2*1-2/h1-2H;2*2H,1H3. The van der Waals surface area contributed by atoms with Crippen molar-refractivity contribution < 1.29 is 10.2 Å². The van der Waals surface area contributed by atoms with Gasteiger partial charge in [-0.05, 0) is 12.1 Å². The van der Waals surface area contributed by atoms with E-state index in [1.165, 1.54) is 0 Å². The van der Waals surface area contributed by atoms with Gasteiger partial charge in [-0.2, -0.15) is 0 Å². The molecule has 0 aliphatic rings. The minimum absolute atomic E-state index is 0.302. The Hall–Kier alpha value is 0.300. The largest absolute Gasteiger partial charge is 0.400 e. The highest BCUT2D eigenvalue weighted by atomic mass is 35.5. The first-order chi connectivity index (χ1) is 6.63. The number of hydrogen-bond acceptors (Lipinski definition) is 2. The van der Waals surface area contributed by atoms with Crippen molar-refractivity contribution in [2.45, 2.75) is 0 Å². The quantitative estimate of drug-likeness (QED) is 0.564. The molecular weight excluding hydrogens is 270 g/mol. The van der Waals surface area contributed by atoms with Gasteiger partial charge < -0.3 is 10.2 Å². The summed E-state index contributed by atoms with van der Waals surface area (Å²) < 4.78 is 0. The molecule has 0 spiro atoms. The number of rotatable bonds is 0. The van der Waals surface area contributed by atoms with Gasteiger partial charge in [0.2, 0.25) is 0 Å². The first-order valence-corrected chi connectivity index (χ1v) is 4.82. The van der Waals surface area contributed by atoms with Crippen LogP contribution in [0, 0.1) is 0 Å². The molecule has 0 fully saturated rings. The third kappa shape index (κ3) is 5.25. The van der Waals surface area contributed by atoms with Gasteiger partial charge in [-0.3, -0.25) is 0 Å². The van der Waals surface area contributed by atoms with Gasteiger partial charge in [0.15, 0.2) is 0 Å². The van der Waals surface area contributed by atoms with Gasteiger partial charge in [0.25, 0.3) is 0 Å². The second kappa shape index (κ2) is 9.84. The Morgan fingerprint density at radius 1 is 0.714 bits per heavy atom. The van der Waals surface area contributed by atoms with Gasteiger partial charge in [0.05, 0.1) is 20.1 Å². The molecule has 6 heteroatoms. The van der Waals surface area contributed by atoms with Crippen LogP contribution in [-0.2, 0) is 0 Å². The number of benzene rings is 1. The number of aliphatic hydroxyl groups excluding tert-OH is 2. The highest BCUT2D eigenvalue weighted by Gasteiger charge is 2.05. The Kier molecular flexibility index (Phi) is 11.8. The summed E-state index contributed by atoms with van der Waals surface area (Å²) in [5.74, 6) is 0. The molecule has 14 heavy (non-hydrogen) atoms. The summed E-state index contributed by atoms with van der Waals surface area (Å²) in [6.07, 6.45) is 0. The van der Waals surface area contributed by atoms with Gasteiger partial charge in [0.1, 0.15) is 0 Å². The van der Waals surface area contributed by atoms with E-state index in [1.807, 2.05) is 0 Å². The fourth-order valence-electron chi connectivity index (χ4n) is 0.502. The van der Waals surface area contributed by atoms with E-state index in [0.717, 1.165) is 14.2 Å². The number of hydrogen-bond donors (Lipinski definition) is 2. The molecule has 0 amide bonds. The predicted molar refractivity (Wildman–Crippen MR) is 62.8 cm³/mol. The van der Waals surface area contributed by atoms with Gasteiger partial charge in [0, 0.05) is 14.2 Å². The van der Waals surface area contributed by atoms with E-state index in [4.69, 9.17) is 56.6 Å². The lowest BCUT2D eigenvalue weighted by atomic mass is 10.4. The molecule has 0 aromatic heterocycles. The van der Waals surface area contributed by atoms with E-state index in [9.17, 15) is 0 Å². The molecule has 0 heterocycles. The molecule has 0 saturated carbocycles. The van der Waals surface area contributed by atoms with Crippen molar-refractivity contribution in [3.8, 4) is 0 Å². The van der Waals surface area contributed by atoms with Crippen LogP contribution in [0.5, 0.6) is 0 Å². The number of aliphatic hydroxyl groups is 2. The summed E-state index contributed by atoms with van der Waals surface area (Å²) in [5, 5.41) is 15.4. The Bertz CT molecular complexity index is 239. The predicted octanol–water partition coefficient (Wildman–Crippen LogP) is 3.52. The molecule has 0 radical (unpaired) electrons. The Morgan fingerprint density at radius 3 is 1.14 bits per heavy atom. The van der Waals surface area contributed by atoms with Crippen LogP contribution in [0.25, 0.3) is 0 Å². The summed E-state index contributed by atoms with van der Waals surface area (Å²) >= 11 is 22.5. The Labute approximate surface area is 103 Å². The van der Waals surface area contributed by atoms with E-state index in [2.05, 4.69) is 0 Å². The molecule has 0 aliphatic carbocycles. The van der Waals surface area contributed by atoms with Crippen LogP contribution in [-0.4, -0.2) is 24.4 Å². The average Bonchev–Trinajstić information content (AvgIpc) is 2.26. The summed E-state index contributed by atoms with van der Waals surface area (Å²) in [5.41, 5.74) is 0. The summed E-state index contributed by atoms with van der Waals surface area (Å²) in [7, 11) is 2.00. The van der Waals surface area contributed by atoms with Gasteiger partial charge in [-0.25, -0.2) is 0 Å². The van der Waals surface area contributed by atoms with E-state index in [1.54, 1.807) is 12.1 Å². The molecule has 0 saturated heterocycles. The minimum atomic E-state index is 0.302. The summed E-state index contributed by atoms with van der Waals surface area (Å²) in [6.45, 7) is 0. The summed E-state index contributed by atoms with van der Waals surface area (Å²) in [6, 6.07) is 3.19. The van der Waals surface area contributed by atoms with Crippen molar-refractivity contribution >= 4 is 46.4 Å². The third-order valence-electron chi connectivity index (χ3n) is 0.988. The lowest BCUT2D eigenvalue weighted by Gasteiger charge is -1.98. The molecule has 0 unspecified atom stereocenters. The lowest BCUT2D eigenvalue weighted by Crippen LogP contribution is -1.71. The van der Waals surface area contributed by atoms with Crippen molar-refractivity contribution in [2.75, 3.05) is 14.2 Å². The van der Waals surface area contributed by atoms with Crippen LogP contribution in [0.2, 0.25) is 20.1 Å². The molecule has 0 aliphatic heterocycles. The molecule has 1 rings (SSSR count). The van der Waals surface area contributed by atoms with Crippen LogP contribution in [0.3, 0.4) is 0 Å². The normalized spacial score (nSPS) is 8.00. The molecule has 0 bridgehead atoms. The molecule has 1 aromatic carbocycles. The maximum Gasteiger partial charge on any atom is 0.0793 e. The van der Waals surface area contributed by atoms with Crippen molar-refractivity contribution in [1.82, 2.24) is 0 Å². The van der Waals surface area contributed by atoms with Crippen molar-refractivity contribution in [3.63, 3.8) is 0 Å². The monoisotopic (exact) mass is 278 g/mol. The molecule has 0 atom stereocenters. The van der Waals surface area contributed by atoms with E-state index in [0.29, 0.717) is 20.1 Å². The SMILES string of the molecule is CO.CO.Clc1ccc(Cl)c(Cl)c1Cl. The molecular formula is C8H10Cl4O2. The topological polar surface area (TPSA) is 40.5 Å². The fourth-order valence-corrected chi connectivity index (χ4v) is 1.24. The second-order valence-corrected chi connectivity index (χ2v) is 3.23. The zero-order valence-electron chi connectivity index (χ0n) is 7.56. The maximum atomic E-state index is 7.00. The van der Waals surface area contributed by atoms with Crippen molar-refractivity contribution in [1.29, 1.82) is 0 Å². The zero-order chi connectivity index (χ0) is 11.7. The Balaban J connectivity index is 0. The number of halogens is 4. The first kappa shape index (κ1) is 16.7. The van der Waals surface area contributed by atoms with Crippen LogP contribution in [0.4, 0.5) is 0 Å². The molecule has 2 N–H and O–H groups in total. The first-order valence-electron chi connectivity index (χ1n) is 3.31. The minimum Gasteiger partial charge on any atom is -0.400 e. The van der Waals surface area contributed by atoms with E-state index >= 15 is 0 Å².